The first-order valence-corrected chi connectivity index (χ1v) is 4.75. The van der Waals surface area contributed by atoms with Crippen molar-refractivity contribution in [3.8, 4) is 5.75 Å². The molecule has 1 atom stereocenters. The summed E-state index contributed by atoms with van der Waals surface area (Å²) in [6, 6.07) is 3.93. The fourth-order valence-electron chi connectivity index (χ4n) is 1.62. The third kappa shape index (κ3) is 1.40. The van der Waals surface area contributed by atoms with Crippen LogP contribution in [0.2, 0.25) is 5.02 Å². The lowest BCUT2D eigenvalue weighted by Crippen LogP contribution is -2.21. The Morgan fingerprint density at radius 3 is 3.08 bits per heavy atom. The van der Waals surface area contributed by atoms with Crippen LogP contribution in [0.4, 0.5) is 0 Å². The second kappa shape index (κ2) is 3.20. The van der Waals surface area contributed by atoms with Crippen LogP contribution in [-0.2, 0) is 0 Å². The van der Waals surface area contributed by atoms with Gasteiger partial charge in [-0.25, -0.2) is 0 Å². The number of rotatable bonds is 0. The summed E-state index contributed by atoms with van der Waals surface area (Å²) in [6.07, 6.45) is 0.883. The van der Waals surface area contributed by atoms with Crippen LogP contribution in [0.25, 0.3) is 0 Å². The van der Waals surface area contributed by atoms with Crippen molar-refractivity contribution in [3.63, 3.8) is 0 Å². The van der Waals surface area contributed by atoms with E-state index in [1.807, 2.05) is 19.1 Å². The fourth-order valence-corrected chi connectivity index (χ4v) is 1.76. The van der Waals surface area contributed by atoms with E-state index in [1.165, 1.54) is 0 Å². The van der Waals surface area contributed by atoms with Crippen molar-refractivity contribution < 1.29 is 4.74 Å². The Labute approximate surface area is 82.6 Å². The molecule has 3 heteroatoms. The molecule has 1 unspecified atom stereocenters. The second-order valence-electron chi connectivity index (χ2n) is 3.33. The Bertz CT molecular complexity index is 338. The molecule has 0 radical (unpaired) electrons. The van der Waals surface area contributed by atoms with E-state index < -0.39 is 0 Å². The molecule has 1 aliphatic rings. The summed E-state index contributed by atoms with van der Waals surface area (Å²) < 4.78 is 5.54. The molecule has 0 bridgehead atoms. The Morgan fingerprint density at radius 2 is 2.31 bits per heavy atom. The van der Waals surface area contributed by atoms with Crippen LogP contribution in [0.15, 0.2) is 12.1 Å². The first kappa shape index (κ1) is 8.85. The Morgan fingerprint density at radius 1 is 1.54 bits per heavy atom. The summed E-state index contributed by atoms with van der Waals surface area (Å²) in [7, 11) is 0. The Kier molecular flexibility index (Phi) is 2.18. The summed E-state index contributed by atoms with van der Waals surface area (Å²) in [5, 5.41) is 0.743. The SMILES string of the molecule is Cc1c(Cl)ccc2c1OCCC2N. The number of benzene rings is 1. The van der Waals surface area contributed by atoms with E-state index in [2.05, 4.69) is 0 Å². The van der Waals surface area contributed by atoms with Crippen LogP contribution in [0.3, 0.4) is 0 Å². The van der Waals surface area contributed by atoms with Gasteiger partial charge in [-0.1, -0.05) is 17.7 Å². The van der Waals surface area contributed by atoms with Gasteiger partial charge in [0, 0.05) is 28.6 Å². The highest BCUT2D eigenvalue weighted by molar-refractivity contribution is 6.31. The third-order valence-electron chi connectivity index (χ3n) is 2.44. The highest BCUT2D eigenvalue weighted by Crippen LogP contribution is 2.36. The van der Waals surface area contributed by atoms with E-state index in [1.54, 1.807) is 0 Å². The molecule has 1 heterocycles. The predicted octanol–water partition coefficient (Wildman–Crippen LogP) is 2.43. The van der Waals surface area contributed by atoms with Gasteiger partial charge in [-0.05, 0) is 13.0 Å². The molecule has 0 saturated heterocycles. The molecular formula is C10H12ClNO. The molecule has 0 saturated carbocycles. The molecule has 2 N–H and O–H groups in total. The van der Waals surface area contributed by atoms with Gasteiger partial charge >= 0.3 is 0 Å². The van der Waals surface area contributed by atoms with Gasteiger partial charge in [0.2, 0.25) is 0 Å². The van der Waals surface area contributed by atoms with Crippen LogP contribution in [0, 0.1) is 6.92 Å². The third-order valence-corrected chi connectivity index (χ3v) is 2.85. The number of halogens is 1. The molecule has 2 rings (SSSR count). The summed E-state index contributed by atoms with van der Waals surface area (Å²) >= 11 is 5.97. The highest BCUT2D eigenvalue weighted by Gasteiger charge is 2.20. The van der Waals surface area contributed by atoms with Gasteiger partial charge in [-0.2, -0.15) is 0 Å². The molecular weight excluding hydrogens is 186 g/mol. The van der Waals surface area contributed by atoms with Crippen LogP contribution >= 0.6 is 11.6 Å². The van der Waals surface area contributed by atoms with Crippen molar-refractivity contribution in [2.45, 2.75) is 19.4 Å². The van der Waals surface area contributed by atoms with E-state index in [4.69, 9.17) is 22.1 Å². The average molecular weight is 198 g/mol. The minimum atomic E-state index is 0.0970. The van der Waals surface area contributed by atoms with Gasteiger partial charge in [-0.3, -0.25) is 0 Å². The maximum atomic E-state index is 5.97. The number of nitrogens with two attached hydrogens (primary N) is 1. The first-order chi connectivity index (χ1) is 6.20. The Hall–Kier alpha value is -0.730. The summed E-state index contributed by atoms with van der Waals surface area (Å²) in [5.41, 5.74) is 8.01. The van der Waals surface area contributed by atoms with Gasteiger partial charge in [-0.15, -0.1) is 0 Å². The molecule has 0 aromatic heterocycles. The van der Waals surface area contributed by atoms with E-state index in [0.717, 1.165) is 28.3 Å². The minimum absolute atomic E-state index is 0.0970. The van der Waals surface area contributed by atoms with E-state index in [0.29, 0.717) is 6.61 Å². The Balaban J connectivity index is 2.56. The van der Waals surface area contributed by atoms with Crippen molar-refractivity contribution >= 4 is 11.6 Å². The normalized spacial score (nSPS) is 20.7. The van der Waals surface area contributed by atoms with Gasteiger partial charge in [0.25, 0.3) is 0 Å². The molecule has 1 aromatic rings. The van der Waals surface area contributed by atoms with E-state index in [9.17, 15) is 0 Å². The van der Waals surface area contributed by atoms with Crippen molar-refractivity contribution in [1.29, 1.82) is 0 Å². The number of hydrogen-bond donors (Lipinski definition) is 1. The molecule has 0 spiro atoms. The molecule has 0 aliphatic carbocycles. The molecule has 13 heavy (non-hydrogen) atoms. The quantitative estimate of drug-likeness (QED) is 0.694. The van der Waals surface area contributed by atoms with Gasteiger partial charge < -0.3 is 10.5 Å². The van der Waals surface area contributed by atoms with Gasteiger partial charge in [0.15, 0.2) is 0 Å². The van der Waals surface area contributed by atoms with Gasteiger partial charge in [0.1, 0.15) is 5.75 Å². The number of hydrogen-bond acceptors (Lipinski definition) is 2. The minimum Gasteiger partial charge on any atom is -0.493 e. The van der Waals surface area contributed by atoms with Crippen molar-refractivity contribution in [2.75, 3.05) is 6.61 Å². The molecule has 1 aromatic carbocycles. The summed E-state index contributed by atoms with van der Waals surface area (Å²) in [5.74, 6) is 0.881. The second-order valence-corrected chi connectivity index (χ2v) is 3.74. The molecule has 70 valence electrons. The summed E-state index contributed by atoms with van der Waals surface area (Å²) in [4.78, 5) is 0. The molecule has 2 nitrogen and oxygen atoms in total. The molecule has 0 amide bonds. The zero-order valence-electron chi connectivity index (χ0n) is 7.51. The maximum Gasteiger partial charge on any atom is 0.128 e. The van der Waals surface area contributed by atoms with Crippen LogP contribution in [-0.4, -0.2) is 6.61 Å². The smallest absolute Gasteiger partial charge is 0.128 e. The fraction of sp³-hybridized carbons (Fsp3) is 0.400. The lowest BCUT2D eigenvalue weighted by Gasteiger charge is -2.24. The van der Waals surface area contributed by atoms with Crippen LogP contribution < -0.4 is 10.5 Å². The monoisotopic (exact) mass is 197 g/mol. The lowest BCUT2D eigenvalue weighted by atomic mass is 9.99. The van der Waals surface area contributed by atoms with Crippen LogP contribution in [0.1, 0.15) is 23.6 Å². The lowest BCUT2D eigenvalue weighted by molar-refractivity contribution is 0.267. The van der Waals surface area contributed by atoms with E-state index >= 15 is 0 Å². The molecule has 0 fully saturated rings. The van der Waals surface area contributed by atoms with Crippen molar-refractivity contribution in [2.24, 2.45) is 5.73 Å². The topological polar surface area (TPSA) is 35.2 Å². The van der Waals surface area contributed by atoms with E-state index in [-0.39, 0.29) is 6.04 Å². The predicted molar refractivity (Wildman–Crippen MR) is 53.2 cm³/mol. The largest absolute Gasteiger partial charge is 0.493 e. The summed E-state index contributed by atoms with van der Waals surface area (Å²) in [6.45, 7) is 2.65. The molecule has 1 aliphatic heterocycles. The number of fused-ring (bicyclic) bond motifs is 1. The zero-order valence-corrected chi connectivity index (χ0v) is 8.27. The highest BCUT2D eigenvalue weighted by atomic mass is 35.5. The zero-order chi connectivity index (χ0) is 9.42. The average Bonchev–Trinajstić information content (AvgIpc) is 2.12. The van der Waals surface area contributed by atoms with Crippen molar-refractivity contribution in [3.05, 3.63) is 28.3 Å². The van der Waals surface area contributed by atoms with Gasteiger partial charge in [0.05, 0.1) is 6.61 Å². The van der Waals surface area contributed by atoms with Crippen LogP contribution in [0.5, 0.6) is 5.75 Å². The van der Waals surface area contributed by atoms with Crippen molar-refractivity contribution in [1.82, 2.24) is 0 Å². The maximum absolute atomic E-state index is 5.97. The first-order valence-electron chi connectivity index (χ1n) is 4.37. The standard InChI is InChI=1S/C10H12ClNO/c1-6-8(11)3-2-7-9(12)4-5-13-10(6)7/h2-3,9H,4-5,12H2,1H3. The number of ether oxygens (including phenoxy) is 1.